The van der Waals surface area contributed by atoms with E-state index in [1.165, 1.54) is 5.56 Å². The lowest BCUT2D eigenvalue weighted by Crippen LogP contribution is -2.50. The van der Waals surface area contributed by atoms with Gasteiger partial charge in [-0.3, -0.25) is 4.84 Å². The normalized spacial score (nSPS) is 18.4. The summed E-state index contributed by atoms with van der Waals surface area (Å²) in [6.07, 6.45) is 2.66. The van der Waals surface area contributed by atoms with Crippen LogP contribution in [0.2, 0.25) is 0 Å². The highest BCUT2D eigenvalue weighted by atomic mass is 32.1. The van der Waals surface area contributed by atoms with Gasteiger partial charge in [0, 0.05) is 38.6 Å². The van der Waals surface area contributed by atoms with Gasteiger partial charge in [-0.2, -0.15) is 0 Å². The maximum absolute atomic E-state index is 10.6. The van der Waals surface area contributed by atoms with Crippen LogP contribution in [-0.2, 0) is 16.0 Å². The van der Waals surface area contributed by atoms with Gasteiger partial charge in [0.25, 0.3) is 0 Å². The van der Waals surface area contributed by atoms with Crippen molar-refractivity contribution in [2.24, 2.45) is 0 Å². The van der Waals surface area contributed by atoms with Crippen LogP contribution >= 0.6 is 12.2 Å². The molecule has 0 saturated carbocycles. The second-order valence-corrected chi connectivity index (χ2v) is 6.49. The maximum atomic E-state index is 10.6. The molecule has 3 rings (SSSR count). The molecule has 0 amide bonds. The Kier molecular flexibility index (Phi) is 5.40. The van der Waals surface area contributed by atoms with Gasteiger partial charge >= 0.3 is 6.16 Å². The molecular weight excluding hydrogens is 342 g/mol. The highest BCUT2D eigenvalue weighted by Crippen LogP contribution is 2.32. The molecule has 0 unspecified atom stereocenters. The highest BCUT2D eigenvalue weighted by molar-refractivity contribution is 7.80. The van der Waals surface area contributed by atoms with Crippen molar-refractivity contribution in [2.45, 2.75) is 24.9 Å². The Morgan fingerprint density at radius 3 is 2.76 bits per heavy atom. The van der Waals surface area contributed by atoms with Crippen molar-refractivity contribution < 1.29 is 19.5 Å². The number of benzene rings is 1. The molecule has 2 aliphatic heterocycles. The molecule has 1 saturated heterocycles. The molecule has 1 spiro atoms. The lowest BCUT2D eigenvalue weighted by Gasteiger charge is -2.37. The van der Waals surface area contributed by atoms with Crippen LogP contribution in [0.1, 0.15) is 18.4 Å². The molecule has 0 bridgehead atoms. The molecule has 0 atom stereocenters. The first-order valence-electron chi connectivity index (χ1n) is 8.21. The quantitative estimate of drug-likeness (QED) is 0.554. The minimum atomic E-state index is -1.36. The van der Waals surface area contributed by atoms with E-state index in [0.717, 1.165) is 31.2 Å². The van der Waals surface area contributed by atoms with E-state index in [2.05, 4.69) is 32.6 Å². The van der Waals surface area contributed by atoms with Gasteiger partial charge in [-0.25, -0.2) is 10.3 Å². The first-order chi connectivity index (χ1) is 12.1. The first kappa shape index (κ1) is 17.5. The first-order valence-corrected chi connectivity index (χ1v) is 8.61. The van der Waals surface area contributed by atoms with E-state index in [4.69, 9.17) is 22.2 Å². The molecule has 7 nitrogen and oxygen atoms in total. The van der Waals surface area contributed by atoms with Crippen LogP contribution in [0.4, 0.5) is 4.79 Å². The Labute approximate surface area is 151 Å². The molecule has 2 heterocycles. The van der Waals surface area contributed by atoms with Crippen molar-refractivity contribution in [3.05, 3.63) is 47.9 Å². The topological polar surface area (TPSA) is 83.1 Å². The molecule has 8 heteroatoms. The summed E-state index contributed by atoms with van der Waals surface area (Å²) in [5.74, 6) is 0.129. The molecule has 0 aromatic heterocycles. The van der Waals surface area contributed by atoms with Crippen LogP contribution in [0.15, 0.2) is 42.3 Å². The van der Waals surface area contributed by atoms with Gasteiger partial charge in [0.1, 0.15) is 5.60 Å². The third kappa shape index (κ3) is 4.61. The van der Waals surface area contributed by atoms with Gasteiger partial charge in [-0.05, 0) is 24.2 Å². The van der Waals surface area contributed by atoms with Crippen molar-refractivity contribution in [2.75, 3.05) is 19.6 Å². The van der Waals surface area contributed by atoms with Crippen molar-refractivity contribution >= 4 is 23.5 Å². The highest BCUT2D eigenvalue weighted by Gasteiger charge is 2.40. The Balaban J connectivity index is 1.43. The molecular formula is C17H21N3O4S. The van der Waals surface area contributed by atoms with Crippen LogP contribution < -0.4 is 10.8 Å². The smallest absolute Gasteiger partial charge is 0.449 e. The summed E-state index contributed by atoms with van der Waals surface area (Å²) < 4.78 is 4.60. The summed E-state index contributed by atoms with van der Waals surface area (Å²) in [6.45, 7) is 2.25. The summed E-state index contributed by atoms with van der Waals surface area (Å²) in [5.41, 5.74) is 3.28. The maximum Gasteiger partial charge on any atom is 0.512 e. The van der Waals surface area contributed by atoms with Crippen LogP contribution in [0, 0.1) is 0 Å². The monoisotopic (exact) mass is 363 g/mol. The fraction of sp³-hybridized carbons (Fsp3) is 0.412. The third-order valence-corrected chi connectivity index (χ3v) is 4.78. The number of carbonyl (C=O) groups is 1. The number of hydrogen-bond donors (Lipinski definition) is 3. The van der Waals surface area contributed by atoms with Gasteiger partial charge in [0.05, 0.1) is 0 Å². The molecule has 2 aliphatic rings. The lowest BCUT2D eigenvalue weighted by atomic mass is 9.92. The predicted molar refractivity (Wildman–Crippen MR) is 95.7 cm³/mol. The molecule has 1 aromatic rings. The fourth-order valence-electron chi connectivity index (χ4n) is 3.00. The number of likely N-dealkylation sites (tertiary alicyclic amines) is 1. The van der Waals surface area contributed by atoms with Gasteiger partial charge in [-0.1, -0.05) is 30.3 Å². The van der Waals surface area contributed by atoms with E-state index >= 15 is 0 Å². The molecule has 0 aliphatic carbocycles. The van der Waals surface area contributed by atoms with E-state index in [1.807, 2.05) is 18.2 Å². The van der Waals surface area contributed by atoms with Gasteiger partial charge in [-0.15, -0.1) is 0 Å². The molecule has 0 radical (unpaired) electrons. The van der Waals surface area contributed by atoms with Gasteiger partial charge < -0.3 is 20.1 Å². The summed E-state index contributed by atoms with van der Waals surface area (Å²) in [6, 6.07) is 10.3. The van der Waals surface area contributed by atoms with Gasteiger partial charge in [0.2, 0.25) is 5.88 Å². The second-order valence-electron chi connectivity index (χ2n) is 6.10. The van der Waals surface area contributed by atoms with E-state index in [9.17, 15) is 4.79 Å². The fourth-order valence-corrected chi connectivity index (χ4v) is 3.28. The zero-order valence-corrected chi connectivity index (χ0v) is 14.6. The molecule has 134 valence electrons. The Morgan fingerprint density at radius 2 is 2.08 bits per heavy atom. The number of rotatable bonds is 4. The van der Waals surface area contributed by atoms with Crippen molar-refractivity contribution in [1.29, 1.82) is 0 Å². The predicted octanol–water partition coefficient (Wildman–Crippen LogP) is 2.01. The average Bonchev–Trinajstić information content (AvgIpc) is 2.98. The largest absolute Gasteiger partial charge is 0.512 e. The number of ether oxygens (including phenoxy) is 1. The molecule has 3 N–H and O–H groups in total. The SMILES string of the molecule is O=C(O)OC1=CC2(CCN(C(=S)NCCc3ccccc3)CC2)ON1. The zero-order chi connectivity index (χ0) is 17.7. The minimum Gasteiger partial charge on any atom is -0.449 e. The van der Waals surface area contributed by atoms with Crippen LogP contribution in [0.25, 0.3) is 0 Å². The summed E-state index contributed by atoms with van der Waals surface area (Å²) in [5, 5.41) is 12.7. The number of nitrogens with one attached hydrogen (secondary N) is 2. The number of piperidine rings is 1. The van der Waals surface area contributed by atoms with E-state index in [1.54, 1.807) is 6.08 Å². The summed E-state index contributed by atoms with van der Waals surface area (Å²) in [7, 11) is 0. The Hall–Kier alpha value is -2.32. The molecule has 25 heavy (non-hydrogen) atoms. The average molecular weight is 363 g/mol. The zero-order valence-electron chi connectivity index (χ0n) is 13.7. The molecule has 1 aromatic carbocycles. The number of hydroxylamine groups is 1. The van der Waals surface area contributed by atoms with Crippen molar-refractivity contribution in [3.8, 4) is 0 Å². The van der Waals surface area contributed by atoms with E-state index < -0.39 is 11.8 Å². The number of carboxylic acid groups (broad SMARTS) is 1. The van der Waals surface area contributed by atoms with Crippen molar-refractivity contribution in [3.63, 3.8) is 0 Å². The van der Waals surface area contributed by atoms with Crippen LogP contribution in [-0.4, -0.2) is 46.5 Å². The van der Waals surface area contributed by atoms with Crippen LogP contribution in [0.3, 0.4) is 0 Å². The van der Waals surface area contributed by atoms with Crippen LogP contribution in [0.5, 0.6) is 0 Å². The number of hydrogen-bond acceptors (Lipinski definition) is 5. The number of thiocarbonyl (C=S) groups is 1. The summed E-state index contributed by atoms with van der Waals surface area (Å²) >= 11 is 5.47. The second kappa shape index (κ2) is 7.71. The minimum absolute atomic E-state index is 0.129. The van der Waals surface area contributed by atoms with E-state index in [-0.39, 0.29) is 5.88 Å². The summed E-state index contributed by atoms with van der Waals surface area (Å²) in [4.78, 5) is 18.2. The lowest BCUT2D eigenvalue weighted by molar-refractivity contribution is -0.0753. The van der Waals surface area contributed by atoms with Gasteiger partial charge in [0.15, 0.2) is 5.11 Å². The standard InChI is InChI=1S/C17H21N3O4S/c21-16(22)23-14-12-17(24-19-14)7-10-20(11-8-17)15(25)18-9-6-13-4-2-1-3-5-13/h1-5,12,19H,6-11H2,(H,18,25)(H,21,22). The third-order valence-electron chi connectivity index (χ3n) is 4.38. The number of nitrogens with zero attached hydrogens (tertiary/aromatic N) is 1. The Bertz CT molecular complexity index is 657. The van der Waals surface area contributed by atoms with E-state index in [0.29, 0.717) is 12.8 Å². The molecule has 1 fully saturated rings. The Morgan fingerprint density at radius 1 is 1.36 bits per heavy atom. The van der Waals surface area contributed by atoms with Crippen molar-refractivity contribution in [1.82, 2.24) is 15.7 Å².